The first kappa shape index (κ1) is 14.9. The van der Waals surface area contributed by atoms with Crippen LogP contribution < -0.4 is 5.32 Å². The largest absolute Gasteiger partial charge is 0.507 e. The van der Waals surface area contributed by atoms with Crippen molar-refractivity contribution >= 4 is 40.1 Å². The van der Waals surface area contributed by atoms with Crippen LogP contribution in [0.1, 0.15) is 23.2 Å². The van der Waals surface area contributed by atoms with Crippen molar-refractivity contribution in [3.05, 3.63) is 27.3 Å². The molecule has 2 N–H and O–H groups in total. The van der Waals surface area contributed by atoms with Crippen LogP contribution in [0.3, 0.4) is 0 Å². The Morgan fingerprint density at radius 2 is 2.16 bits per heavy atom. The maximum Gasteiger partial charge on any atom is 0.255 e. The van der Waals surface area contributed by atoms with Gasteiger partial charge in [0.2, 0.25) is 0 Å². The smallest absolute Gasteiger partial charge is 0.255 e. The Kier molecular flexibility index (Phi) is 4.92. The van der Waals surface area contributed by atoms with Gasteiger partial charge in [0.05, 0.1) is 11.1 Å². The highest BCUT2D eigenvalue weighted by Gasteiger charge is 2.34. The van der Waals surface area contributed by atoms with E-state index in [2.05, 4.69) is 27.9 Å². The van der Waals surface area contributed by atoms with Crippen molar-refractivity contribution in [1.82, 2.24) is 5.32 Å². The normalized spacial score (nSPS) is 18.0. The topological polar surface area (TPSA) is 58.6 Å². The number of amides is 1. The van der Waals surface area contributed by atoms with Crippen LogP contribution in [0, 0.1) is 3.57 Å². The van der Waals surface area contributed by atoms with Crippen molar-refractivity contribution < 1.29 is 14.6 Å². The molecule has 1 aromatic rings. The van der Waals surface area contributed by atoms with Crippen molar-refractivity contribution in [3.63, 3.8) is 0 Å². The molecule has 0 unspecified atom stereocenters. The number of rotatable bonds is 3. The summed E-state index contributed by atoms with van der Waals surface area (Å²) in [5.41, 5.74) is -0.159. The third-order valence-corrected chi connectivity index (χ3v) is 4.47. The van der Waals surface area contributed by atoms with Crippen molar-refractivity contribution in [3.8, 4) is 5.75 Å². The van der Waals surface area contributed by atoms with Gasteiger partial charge in [0.15, 0.2) is 0 Å². The predicted molar refractivity (Wildman–Crippen MR) is 81.8 cm³/mol. The van der Waals surface area contributed by atoms with E-state index in [9.17, 15) is 9.90 Å². The van der Waals surface area contributed by atoms with Crippen LogP contribution in [-0.4, -0.2) is 35.6 Å². The lowest BCUT2D eigenvalue weighted by Gasteiger charge is -2.36. The molecule has 0 aliphatic carbocycles. The van der Waals surface area contributed by atoms with Crippen molar-refractivity contribution in [2.45, 2.75) is 18.4 Å². The number of nitrogens with one attached hydrogen (secondary N) is 1. The van der Waals surface area contributed by atoms with E-state index in [0.29, 0.717) is 31.9 Å². The van der Waals surface area contributed by atoms with Gasteiger partial charge in [-0.1, -0.05) is 0 Å². The van der Waals surface area contributed by atoms with Gasteiger partial charge in [0, 0.05) is 22.7 Å². The van der Waals surface area contributed by atoms with E-state index in [0.717, 1.165) is 3.57 Å². The fourth-order valence-electron chi connectivity index (χ4n) is 2.05. The Bertz CT molecular complexity index is 475. The maximum absolute atomic E-state index is 12.3. The minimum Gasteiger partial charge on any atom is -0.507 e. The molecular weight excluding hydrogens is 381 g/mol. The molecule has 0 radical (unpaired) electrons. The number of phenols is 1. The molecule has 104 valence electrons. The molecule has 1 amide bonds. The number of benzene rings is 1. The van der Waals surface area contributed by atoms with Gasteiger partial charge in [-0.15, -0.1) is 11.6 Å². The van der Waals surface area contributed by atoms with E-state index in [4.69, 9.17) is 16.3 Å². The van der Waals surface area contributed by atoms with E-state index < -0.39 is 5.54 Å². The minimum atomic E-state index is -0.440. The Labute approximate surface area is 130 Å². The minimum absolute atomic E-state index is 0.0188. The molecular formula is C13H15ClINO3. The molecule has 19 heavy (non-hydrogen) atoms. The first-order chi connectivity index (χ1) is 9.06. The Morgan fingerprint density at radius 1 is 1.47 bits per heavy atom. The first-order valence-electron chi connectivity index (χ1n) is 6.01. The molecule has 0 aromatic heterocycles. The number of phenolic OH excluding ortho intramolecular Hbond substituents is 1. The summed E-state index contributed by atoms with van der Waals surface area (Å²) in [6, 6.07) is 4.93. The number of carbonyl (C=O) groups is 1. The zero-order valence-corrected chi connectivity index (χ0v) is 13.2. The van der Waals surface area contributed by atoms with E-state index in [-0.39, 0.29) is 17.2 Å². The summed E-state index contributed by atoms with van der Waals surface area (Å²) in [6.07, 6.45) is 1.37. The van der Waals surface area contributed by atoms with Gasteiger partial charge in [0.1, 0.15) is 5.75 Å². The van der Waals surface area contributed by atoms with Crippen LogP contribution in [0.15, 0.2) is 18.2 Å². The molecule has 0 saturated carbocycles. The lowest BCUT2D eigenvalue weighted by Crippen LogP contribution is -2.53. The lowest BCUT2D eigenvalue weighted by atomic mass is 9.91. The van der Waals surface area contributed by atoms with Gasteiger partial charge >= 0.3 is 0 Å². The molecule has 1 fully saturated rings. The van der Waals surface area contributed by atoms with Crippen LogP contribution in [0.4, 0.5) is 0 Å². The average Bonchev–Trinajstić information content (AvgIpc) is 2.42. The van der Waals surface area contributed by atoms with Crippen molar-refractivity contribution in [1.29, 1.82) is 0 Å². The van der Waals surface area contributed by atoms with Crippen LogP contribution >= 0.6 is 34.2 Å². The second-order valence-electron chi connectivity index (χ2n) is 4.64. The number of hydrogen-bond acceptors (Lipinski definition) is 3. The van der Waals surface area contributed by atoms with Crippen LogP contribution in [0.5, 0.6) is 5.75 Å². The molecule has 1 aromatic carbocycles. The summed E-state index contributed by atoms with van der Waals surface area (Å²) >= 11 is 8.11. The molecule has 2 rings (SSSR count). The zero-order chi connectivity index (χ0) is 13.9. The molecule has 1 aliphatic rings. The molecule has 0 atom stereocenters. The highest BCUT2D eigenvalue weighted by molar-refractivity contribution is 14.1. The summed E-state index contributed by atoms with van der Waals surface area (Å²) < 4.78 is 6.19. The molecule has 4 nitrogen and oxygen atoms in total. The summed E-state index contributed by atoms with van der Waals surface area (Å²) in [5.74, 6) is 0.0283. The second-order valence-corrected chi connectivity index (χ2v) is 6.15. The Morgan fingerprint density at radius 3 is 2.79 bits per heavy atom. The first-order valence-corrected chi connectivity index (χ1v) is 7.62. The summed E-state index contributed by atoms with van der Waals surface area (Å²) in [5, 5.41) is 12.7. The van der Waals surface area contributed by atoms with Gasteiger partial charge in [-0.05, 0) is 53.6 Å². The van der Waals surface area contributed by atoms with Crippen molar-refractivity contribution in [2.75, 3.05) is 19.1 Å². The number of halogens is 2. The fraction of sp³-hybridized carbons (Fsp3) is 0.462. The number of aromatic hydroxyl groups is 1. The molecule has 1 heterocycles. The van der Waals surface area contributed by atoms with Gasteiger partial charge in [-0.25, -0.2) is 0 Å². The van der Waals surface area contributed by atoms with Gasteiger partial charge in [0.25, 0.3) is 5.91 Å². The molecule has 0 spiro atoms. The SMILES string of the molecule is O=C(NC1(CCl)CCOCC1)c1cc(I)ccc1O. The quantitative estimate of drug-likeness (QED) is 0.611. The standard InChI is InChI=1S/C13H15ClINO3/c14-8-13(3-5-19-6-4-13)16-12(18)10-7-9(15)1-2-11(10)17/h1-2,7,17H,3-6,8H2,(H,16,18). The third kappa shape index (κ3) is 3.52. The van der Waals surface area contributed by atoms with Crippen LogP contribution in [-0.2, 0) is 4.74 Å². The highest BCUT2D eigenvalue weighted by Crippen LogP contribution is 2.25. The molecule has 1 saturated heterocycles. The fourth-order valence-corrected chi connectivity index (χ4v) is 2.88. The number of alkyl halides is 1. The van der Waals surface area contributed by atoms with Crippen LogP contribution in [0.2, 0.25) is 0 Å². The summed E-state index contributed by atoms with van der Waals surface area (Å²) in [6.45, 7) is 1.18. The average molecular weight is 396 g/mol. The highest BCUT2D eigenvalue weighted by atomic mass is 127. The van der Waals surface area contributed by atoms with Gasteiger partial charge in [-0.2, -0.15) is 0 Å². The second kappa shape index (κ2) is 6.28. The predicted octanol–water partition coefficient (Wildman–Crippen LogP) is 2.51. The molecule has 0 bridgehead atoms. The van der Waals surface area contributed by atoms with E-state index in [1.165, 1.54) is 6.07 Å². The Hall–Kier alpha value is -0.530. The third-order valence-electron chi connectivity index (χ3n) is 3.29. The molecule has 1 aliphatic heterocycles. The number of hydrogen-bond donors (Lipinski definition) is 2. The van der Waals surface area contributed by atoms with E-state index in [1.807, 2.05) is 0 Å². The van der Waals surface area contributed by atoms with E-state index >= 15 is 0 Å². The van der Waals surface area contributed by atoms with Gasteiger partial charge < -0.3 is 15.2 Å². The van der Waals surface area contributed by atoms with Crippen molar-refractivity contribution in [2.24, 2.45) is 0 Å². The Balaban J connectivity index is 2.17. The van der Waals surface area contributed by atoms with E-state index in [1.54, 1.807) is 12.1 Å². The van der Waals surface area contributed by atoms with Gasteiger partial charge in [-0.3, -0.25) is 4.79 Å². The molecule has 6 heteroatoms. The lowest BCUT2D eigenvalue weighted by molar-refractivity contribution is 0.0433. The van der Waals surface area contributed by atoms with Crippen LogP contribution in [0.25, 0.3) is 0 Å². The monoisotopic (exact) mass is 395 g/mol. The maximum atomic E-state index is 12.3. The summed E-state index contributed by atoms with van der Waals surface area (Å²) in [7, 11) is 0. The zero-order valence-electron chi connectivity index (χ0n) is 10.3. The number of carbonyl (C=O) groups excluding carboxylic acids is 1. The number of ether oxygens (including phenoxy) is 1. The summed E-state index contributed by atoms with van der Waals surface area (Å²) in [4.78, 5) is 12.3.